The Morgan fingerprint density at radius 2 is 2.10 bits per heavy atom. The zero-order valence-corrected chi connectivity index (χ0v) is 12.4. The summed E-state index contributed by atoms with van der Waals surface area (Å²) in [6.07, 6.45) is 0.00435. The molecule has 0 aromatic heterocycles. The van der Waals surface area contributed by atoms with Gasteiger partial charge in [-0.15, -0.1) is 11.6 Å². The van der Waals surface area contributed by atoms with Crippen molar-refractivity contribution in [2.24, 2.45) is 0 Å². The Labute approximate surface area is 123 Å². The summed E-state index contributed by atoms with van der Waals surface area (Å²) in [7, 11) is -3.57. The molecule has 20 heavy (non-hydrogen) atoms. The predicted molar refractivity (Wildman–Crippen MR) is 75.0 cm³/mol. The molecule has 1 saturated heterocycles. The first-order valence-electron chi connectivity index (χ1n) is 6.24. The Kier molecular flexibility index (Phi) is 5.00. The van der Waals surface area contributed by atoms with Crippen LogP contribution in [0.25, 0.3) is 0 Å². The van der Waals surface area contributed by atoms with E-state index in [1.165, 1.54) is 4.31 Å². The van der Waals surface area contributed by atoms with Gasteiger partial charge < -0.3 is 4.74 Å². The fourth-order valence-corrected chi connectivity index (χ4v) is 3.65. The standard InChI is InChI=1S/C13H15ClN2O3S/c14-6-5-11-1-3-13(4-2-11)20(17,18)16-7-8-19-12(9-15)10-16/h1-4,12H,5-8,10H2. The Bertz CT molecular complexity index is 595. The SMILES string of the molecule is N#CC1CN(S(=O)(=O)c2ccc(CCCl)cc2)CCO1. The molecule has 0 aliphatic carbocycles. The van der Waals surface area contributed by atoms with E-state index in [-0.39, 0.29) is 24.6 Å². The van der Waals surface area contributed by atoms with Crippen LogP contribution in [0.1, 0.15) is 5.56 Å². The van der Waals surface area contributed by atoms with Gasteiger partial charge in [0, 0.05) is 12.4 Å². The molecule has 1 aromatic rings. The van der Waals surface area contributed by atoms with E-state index in [1.807, 2.05) is 6.07 Å². The summed E-state index contributed by atoms with van der Waals surface area (Å²) < 4.78 is 31.4. The van der Waals surface area contributed by atoms with Gasteiger partial charge in [0.15, 0.2) is 6.10 Å². The van der Waals surface area contributed by atoms with E-state index >= 15 is 0 Å². The largest absolute Gasteiger partial charge is 0.361 e. The number of benzene rings is 1. The molecule has 0 N–H and O–H groups in total. The number of nitrogens with zero attached hydrogens (tertiary/aromatic N) is 2. The summed E-state index contributed by atoms with van der Waals surface area (Å²) >= 11 is 5.65. The van der Waals surface area contributed by atoms with Gasteiger partial charge >= 0.3 is 0 Å². The highest BCUT2D eigenvalue weighted by atomic mass is 35.5. The predicted octanol–water partition coefficient (Wildman–Crippen LogP) is 1.38. The summed E-state index contributed by atoms with van der Waals surface area (Å²) in [6, 6.07) is 8.62. The first kappa shape index (κ1) is 15.3. The Morgan fingerprint density at radius 3 is 2.70 bits per heavy atom. The Balaban J connectivity index is 2.19. The number of sulfonamides is 1. The molecule has 1 aliphatic heterocycles. The fourth-order valence-electron chi connectivity index (χ4n) is 2.01. The molecule has 0 amide bonds. The monoisotopic (exact) mass is 314 g/mol. The summed E-state index contributed by atoms with van der Waals surface area (Å²) in [5.74, 6) is 0.499. The zero-order valence-electron chi connectivity index (χ0n) is 10.8. The summed E-state index contributed by atoms with van der Waals surface area (Å²) in [6.45, 7) is 0.577. The molecular weight excluding hydrogens is 300 g/mol. The Morgan fingerprint density at radius 1 is 1.40 bits per heavy atom. The third-order valence-electron chi connectivity index (χ3n) is 3.12. The maximum Gasteiger partial charge on any atom is 0.243 e. The van der Waals surface area contributed by atoms with Crippen LogP contribution in [-0.4, -0.2) is 44.4 Å². The van der Waals surface area contributed by atoms with E-state index in [1.54, 1.807) is 24.3 Å². The molecule has 2 rings (SSSR count). The average molecular weight is 315 g/mol. The normalized spacial score (nSPS) is 20.5. The smallest absolute Gasteiger partial charge is 0.243 e. The van der Waals surface area contributed by atoms with Gasteiger partial charge in [0.05, 0.1) is 24.1 Å². The second kappa shape index (κ2) is 6.55. The number of hydrogen-bond donors (Lipinski definition) is 0. The van der Waals surface area contributed by atoms with Crippen LogP contribution in [0.2, 0.25) is 0 Å². The number of ether oxygens (including phenoxy) is 1. The van der Waals surface area contributed by atoms with E-state index < -0.39 is 16.1 Å². The first-order valence-corrected chi connectivity index (χ1v) is 8.21. The van der Waals surface area contributed by atoms with Gasteiger partial charge in [-0.25, -0.2) is 8.42 Å². The van der Waals surface area contributed by atoms with Crippen molar-refractivity contribution in [3.63, 3.8) is 0 Å². The molecule has 1 unspecified atom stereocenters. The topological polar surface area (TPSA) is 70.4 Å². The van der Waals surface area contributed by atoms with Crippen LogP contribution in [0.4, 0.5) is 0 Å². The van der Waals surface area contributed by atoms with E-state index in [2.05, 4.69) is 0 Å². The maximum atomic E-state index is 12.5. The lowest BCUT2D eigenvalue weighted by Crippen LogP contribution is -2.44. The lowest BCUT2D eigenvalue weighted by molar-refractivity contribution is 0.0311. The molecule has 1 aromatic carbocycles. The van der Waals surface area contributed by atoms with Crippen LogP contribution >= 0.6 is 11.6 Å². The summed E-state index contributed by atoms with van der Waals surface area (Å²) in [5.41, 5.74) is 0.996. The highest BCUT2D eigenvalue weighted by Gasteiger charge is 2.30. The average Bonchev–Trinajstić information content (AvgIpc) is 2.48. The van der Waals surface area contributed by atoms with Crippen LogP contribution < -0.4 is 0 Å². The zero-order chi connectivity index (χ0) is 14.6. The van der Waals surface area contributed by atoms with Crippen molar-refractivity contribution >= 4 is 21.6 Å². The Hall–Kier alpha value is -1.13. The van der Waals surface area contributed by atoms with Crippen molar-refractivity contribution in [3.8, 4) is 6.07 Å². The van der Waals surface area contributed by atoms with Crippen molar-refractivity contribution in [1.82, 2.24) is 4.31 Å². The molecule has 1 fully saturated rings. The van der Waals surface area contributed by atoms with Crippen molar-refractivity contribution < 1.29 is 13.2 Å². The number of morpholine rings is 1. The van der Waals surface area contributed by atoms with E-state index in [0.29, 0.717) is 12.3 Å². The minimum atomic E-state index is -3.57. The molecule has 7 heteroatoms. The van der Waals surface area contributed by atoms with Crippen LogP contribution in [0.5, 0.6) is 0 Å². The molecule has 5 nitrogen and oxygen atoms in total. The van der Waals surface area contributed by atoms with Crippen LogP contribution in [0, 0.1) is 11.3 Å². The molecule has 1 heterocycles. The number of alkyl halides is 1. The number of halogens is 1. The fraction of sp³-hybridized carbons (Fsp3) is 0.462. The number of rotatable bonds is 4. The summed E-state index contributed by atoms with van der Waals surface area (Å²) in [5, 5.41) is 8.83. The second-order valence-electron chi connectivity index (χ2n) is 4.43. The molecule has 0 bridgehead atoms. The molecule has 0 radical (unpaired) electrons. The lowest BCUT2D eigenvalue weighted by atomic mass is 10.2. The molecule has 108 valence electrons. The van der Waals surface area contributed by atoms with E-state index in [9.17, 15) is 8.42 Å². The van der Waals surface area contributed by atoms with Gasteiger partial charge in [0.1, 0.15) is 0 Å². The highest BCUT2D eigenvalue weighted by molar-refractivity contribution is 7.89. The van der Waals surface area contributed by atoms with Crippen molar-refractivity contribution in [2.45, 2.75) is 17.4 Å². The third-order valence-corrected chi connectivity index (χ3v) is 5.19. The maximum absolute atomic E-state index is 12.5. The summed E-state index contributed by atoms with van der Waals surface area (Å²) in [4.78, 5) is 0.231. The molecule has 1 atom stereocenters. The minimum absolute atomic E-state index is 0.0717. The van der Waals surface area contributed by atoms with Gasteiger partial charge in [-0.3, -0.25) is 0 Å². The van der Waals surface area contributed by atoms with Gasteiger partial charge in [-0.05, 0) is 24.1 Å². The van der Waals surface area contributed by atoms with Gasteiger partial charge in [0.25, 0.3) is 0 Å². The quantitative estimate of drug-likeness (QED) is 0.787. The second-order valence-corrected chi connectivity index (χ2v) is 6.75. The number of hydrogen-bond acceptors (Lipinski definition) is 4. The minimum Gasteiger partial charge on any atom is -0.361 e. The third kappa shape index (κ3) is 3.30. The first-order chi connectivity index (χ1) is 9.57. The van der Waals surface area contributed by atoms with Gasteiger partial charge in [0.2, 0.25) is 10.0 Å². The number of nitriles is 1. The van der Waals surface area contributed by atoms with E-state index in [4.69, 9.17) is 21.6 Å². The van der Waals surface area contributed by atoms with Crippen LogP contribution in [-0.2, 0) is 21.2 Å². The van der Waals surface area contributed by atoms with Gasteiger partial charge in [-0.1, -0.05) is 12.1 Å². The van der Waals surface area contributed by atoms with Crippen molar-refractivity contribution in [1.29, 1.82) is 5.26 Å². The van der Waals surface area contributed by atoms with Crippen molar-refractivity contribution in [3.05, 3.63) is 29.8 Å². The van der Waals surface area contributed by atoms with Gasteiger partial charge in [-0.2, -0.15) is 9.57 Å². The molecule has 0 spiro atoms. The van der Waals surface area contributed by atoms with Crippen molar-refractivity contribution in [2.75, 3.05) is 25.6 Å². The van der Waals surface area contributed by atoms with Crippen LogP contribution in [0.15, 0.2) is 29.2 Å². The highest BCUT2D eigenvalue weighted by Crippen LogP contribution is 2.19. The molecular formula is C13H15ClN2O3S. The lowest BCUT2D eigenvalue weighted by Gasteiger charge is -2.28. The van der Waals surface area contributed by atoms with E-state index in [0.717, 1.165) is 5.56 Å². The molecule has 0 saturated carbocycles. The molecule has 1 aliphatic rings. The number of aryl methyl sites for hydroxylation is 1. The van der Waals surface area contributed by atoms with Crippen LogP contribution in [0.3, 0.4) is 0 Å².